The zero-order chi connectivity index (χ0) is 11.1. The van der Waals surface area contributed by atoms with E-state index in [0.29, 0.717) is 13.2 Å². The lowest BCUT2D eigenvalue weighted by atomic mass is 10.1. The highest BCUT2D eigenvalue weighted by molar-refractivity contribution is 5.42. The monoisotopic (exact) mass is 209 g/mol. The Morgan fingerprint density at radius 1 is 1.27 bits per heavy atom. The topological polar surface area (TPSA) is 44.5 Å². The largest absolute Gasteiger partial charge is 0.493 e. The number of nitrogens with two attached hydrogens (primary N) is 1. The van der Waals surface area contributed by atoms with E-state index in [2.05, 4.69) is 13.0 Å². The fourth-order valence-electron chi connectivity index (χ4n) is 1.32. The molecule has 0 bridgehead atoms. The van der Waals surface area contributed by atoms with E-state index < -0.39 is 0 Å². The van der Waals surface area contributed by atoms with Gasteiger partial charge < -0.3 is 15.2 Å². The summed E-state index contributed by atoms with van der Waals surface area (Å²) in [7, 11) is 1.66. The van der Waals surface area contributed by atoms with Crippen LogP contribution in [0.15, 0.2) is 18.2 Å². The maximum atomic E-state index is 5.56. The van der Waals surface area contributed by atoms with Gasteiger partial charge in [0, 0.05) is 0 Å². The molecule has 84 valence electrons. The van der Waals surface area contributed by atoms with Crippen molar-refractivity contribution in [1.82, 2.24) is 0 Å². The molecule has 3 nitrogen and oxygen atoms in total. The van der Waals surface area contributed by atoms with Crippen LogP contribution in [0.25, 0.3) is 0 Å². The summed E-state index contributed by atoms with van der Waals surface area (Å²) in [6.07, 6.45) is 1.86. The SMILES string of the molecule is CCc1ccc(OCCCN)c(OC)c1. The molecule has 1 aromatic carbocycles. The molecule has 0 spiro atoms. The molecule has 0 amide bonds. The molecule has 3 heteroatoms. The zero-order valence-corrected chi connectivity index (χ0v) is 9.45. The summed E-state index contributed by atoms with van der Waals surface area (Å²) >= 11 is 0. The molecule has 0 fully saturated rings. The third-order valence-electron chi connectivity index (χ3n) is 2.24. The van der Waals surface area contributed by atoms with Gasteiger partial charge in [-0.05, 0) is 37.1 Å². The van der Waals surface area contributed by atoms with Gasteiger partial charge in [-0.25, -0.2) is 0 Å². The minimum Gasteiger partial charge on any atom is -0.493 e. The van der Waals surface area contributed by atoms with Crippen LogP contribution in [0, 0.1) is 0 Å². The Morgan fingerprint density at radius 3 is 2.67 bits per heavy atom. The number of hydrogen-bond donors (Lipinski definition) is 1. The van der Waals surface area contributed by atoms with Crippen molar-refractivity contribution >= 4 is 0 Å². The van der Waals surface area contributed by atoms with Gasteiger partial charge in [0.05, 0.1) is 13.7 Å². The molecule has 0 unspecified atom stereocenters. The summed E-state index contributed by atoms with van der Waals surface area (Å²) < 4.78 is 10.8. The van der Waals surface area contributed by atoms with Gasteiger partial charge in [-0.15, -0.1) is 0 Å². The maximum Gasteiger partial charge on any atom is 0.161 e. The third-order valence-corrected chi connectivity index (χ3v) is 2.24. The van der Waals surface area contributed by atoms with Crippen LogP contribution < -0.4 is 15.2 Å². The molecule has 1 rings (SSSR count). The summed E-state index contributed by atoms with van der Waals surface area (Å²) in [6, 6.07) is 6.02. The zero-order valence-electron chi connectivity index (χ0n) is 9.45. The first kappa shape index (κ1) is 11.9. The van der Waals surface area contributed by atoms with E-state index in [9.17, 15) is 0 Å². The van der Waals surface area contributed by atoms with Gasteiger partial charge >= 0.3 is 0 Å². The van der Waals surface area contributed by atoms with Crippen molar-refractivity contribution in [3.8, 4) is 11.5 Å². The molecule has 0 aliphatic rings. The molecule has 15 heavy (non-hydrogen) atoms. The van der Waals surface area contributed by atoms with E-state index >= 15 is 0 Å². The molecule has 0 atom stereocenters. The fourth-order valence-corrected chi connectivity index (χ4v) is 1.32. The van der Waals surface area contributed by atoms with E-state index in [0.717, 1.165) is 24.3 Å². The lowest BCUT2D eigenvalue weighted by Crippen LogP contribution is -2.06. The lowest BCUT2D eigenvalue weighted by molar-refractivity contribution is 0.291. The Bertz CT molecular complexity index is 300. The summed E-state index contributed by atoms with van der Waals surface area (Å²) in [5.74, 6) is 1.59. The van der Waals surface area contributed by atoms with Crippen molar-refractivity contribution in [2.45, 2.75) is 19.8 Å². The number of aryl methyl sites for hydroxylation is 1. The highest BCUT2D eigenvalue weighted by atomic mass is 16.5. The Labute approximate surface area is 91.2 Å². The van der Waals surface area contributed by atoms with Crippen LogP contribution in [0.3, 0.4) is 0 Å². The molecule has 2 N–H and O–H groups in total. The van der Waals surface area contributed by atoms with Crippen molar-refractivity contribution in [3.63, 3.8) is 0 Å². The van der Waals surface area contributed by atoms with E-state index in [1.807, 2.05) is 12.1 Å². The quantitative estimate of drug-likeness (QED) is 0.729. The highest BCUT2D eigenvalue weighted by Gasteiger charge is 2.04. The lowest BCUT2D eigenvalue weighted by Gasteiger charge is -2.11. The minimum absolute atomic E-state index is 0.637. The number of methoxy groups -OCH3 is 1. The Kier molecular flexibility index (Phi) is 4.98. The molecule has 0 aliphatic heterocycles. The second kappa shape index (κ2) is 6.30. The summed E-state index contributed by atoms with van der Waals surface area (Å²) in [5, 5.41) is 0. The van der Waals surface area contributed by atoms with E-state index in [-0.39, 0.29) is 0 Å². The second-order valence-corrected chi connectivity index (χ2v) is 3.33. The molecule has 0 radical (unpaired) electrons. The normalized spacial score (nSPS) is 10.1. The molecule has 0 saturated heterocycles. The Morgan fingerprint density at radius 2 is 2.07 bits per heavy atom. The smallest absolute Gasteiger partial charge is 0.161 e. The van der Waals surface area contributed by atoms with Gasteiger partial charge in [-0.3, -0.25) is 0 Å². The summed E-state index contributed by atoms with van der Waals surface area (Å²) in [5.41, 5.74) is 6.65. The van der Waals surface area contributed by atoms with Crippen molar-refractivity contribution in [3.05, 3.63) is 23.8 Å². The Balaban J connectivity index is 2.69. The summed E-state index contributed by atoms with van der Waals surface area (Å²) in [6.45, 7) is 3.40. The van der Waals surface area contributed by atoms with E-state index in [1.165, 1.54) is 5.56 Å². The van der Waals surface area contributed by atoms with Crippen molar-refractivity contribution < 1.29 is 9.47 Å². The number of rotatable bonds is 6. The van der Waals surface area contributed by atoms with Gasteiger partial charge in [0.1, 0.15) is 0 Å². The molecule has 0 saturated carbocycles. The molecule has 0 aliphatic carbocycles. The predicted molar refractivity (Wildman–Crippen MR) is 61.5 cm³/mol. The average molecular weight is 209 g/mol. The first-order valence-electron chi connectivity index (χ1n) is 5.31. The third kappa shape index (κ3) is 3.44. The molecule has 1 aromatic rings. The van der Waals surface area contributed by atoms with Gasteiger partial charge in [0.2, 0.25) is 0 Å². The van der Waals surface area contributed by atoms with Crippen LogP contribution in [0.2, 0.25) is 0 Å². The fraction of sp³-hybridized carbons (Fsp3) is 0.500. The molecular weight excluding hydrogens is 190 g/mol. The van der Waals surface area contributed by atoms with E-state index in [4.69, 9.17) is 15.2 Å². The van der Waals surface area contributed by atoms with E-state index in [1.54, 1.807) is 7.11 Å². The van der Waals surface area contributed by atoms with Crippen LogP contribution >= 0.6 is 0 Å². The molecule has 0 heterocycles. The first-order chi connectivity index (χ1) is 7.31. The van der Waals surface area contributed by atoms with Crippen LogP contribution in [0.5, 0.6) is 11.5 Å². The first-order valence-corrected chi connectivity index (χ1v) is 5.31. The van der Waals surface area contributed by atoms with Gasteiger partial charge in [0.15, 0.2) is 11.5 Å². The highest BCUT2D eigenvalue weighted by Crippen LogP contribution is 2.28. The minimum atomic E-state index is 0.637. The number of benzene rings is 1. The average Bonchev–Trinajstić information content (AvgIpc) is 2.29. The predicted octanol–water partition coefficient (Wildman–Crippen LogP) is 1.99. The maximum absolute atomic E-state index is 5.56. The van der Waals surface area contributed by atoms with Crippen LogP contribution in [-0.4, -0.2) is 20.3 Å². The standard InChI is InChI=1S/C12H19NO2/c1-3-10-5-6-11(12(9-10)14-2)15-8-4-7-13/h5-6,9H,3-4,7-8,13H2,1-2H3. The number of ether oxygens (including phenoxy) is 2. The van der Waals surface area contributed by atoms with Crippen molar-refractivity contribution in [2.75, 3.05) is 20.3 Å². The van der Waals surface area contributed by atoms with Crippen molar-refractivity contribution in [1.29, 1.82) is 0 Å². The van der Waals surface area contributed by atoms with Gasteiger partial charge in [-0.1, -0.05) is 13.0 Å². The van der Waals surface area contributed by atoms with Gasteiger partial charge in [0.25, 0.3) is 0 Å². The second-order valence-electron chi connectivity index (χ2n) is 3.33. The number of hydrogen-bond acceptors (Lipinski definition) is 3. The van der Waals surface area contributed by atoms with Crippen LogP contribution in [0.4, 0.5) is 0 Å². The Hall–Kier alpha value is -1.22. The molecular formula is C12H19NO2. The van der Waals surface area contributed by atoms with Gasteiger partial charge in [-0.2, -0.15) is 0 Å². The van der Waals surface area contributed by atoms with Crippen LogP contribution in [0.1, 0.15) is 18.9 Å². The molecule has 0 aromatic heterocycles. The van der Waals surface area contributed by atoms with Crippen LogP contribution in [-0.2, 0) is 6.42 Å². The summed E-state index contributed by atoms with van der Waals surface area (Å²) in [4.78, 5) is 0. The van der Waals surface area contributed by atoms with Crippen molar-refractivity contribution in [2.24, 2.45) is 5.73 Å².